The molecule has 2 nitrogen and oxygen atoms in total. The predicted octanol–water partition coefficient (Wildman–Crippen LogP) is 14.9. The first-order valence-electron chi connectivity index (χ1n) is 19.4. The van der Waals surface area contributed by atoms with E-state index in [2.05, 4.69) is 205 Å². The summed E-state index contributed by atoms with van der Waals surface area (Å²) in [5.41, 5.74) is 16.9. The highest BCUT2D eigenvalue weighted by Crippen LogP contribution is 2.51. The van der Waals surface area contributed by atoms with E-state index in [1.165, 1.54) is 66.2 Å². The maximum absolute atomic E-state index is 6.33. The molecule has 0 radical (unpaired) electrons. The Morgan fingerprint density at radius 1 is 0.393 bits per heavy atom. The van der Waals surface area contributed by atoms with Crippen molar-refractivity contribution in [3.8, 4) is 33.4 Å². The first-order valence-corrected chi connectivity index (χ1v) is 19.4. The predicted molar refractivity (Wildman–Crippen MR) is 234 cm³/mol. The first kappa shape index (κ1) is 32.3. The number of fused-ring (bicyclic) bond motifs is 8. The van der Waals surface area contributed by atoms with E-state index >= 15 is 0 Å². The Bertz CT molecular complexity index is 3000. The van der Waals surface area contributed by atoms with E-state index in [1.807, 2.05) is 6.07 Å². The number of furan rings is 1. The van der Waals surface area contributed by atoms with E-state index in [9.17, 15) is 0 Å². The molecule has 9 aromatic carbocycles. The molecule has 0 spiro atoms. The maximum atomic E-state index is 6.33. The summed E-state index contributed by atoms with van der Waals surface area (Å²) >= 11 is 0. The van der Waals surface area contributed by atoms with Crippen LogP contribution in [0.1, 0.15) is 22.6 Å². The van der Waals surface area contributed by atoms with Gasteiger partial charge in [0.2, 0.25) is 0 Å². The average Bonchev–Trinajstić information content (AvgIpc) is 3.79. The Labute approximate surface area is 326 Å². The Kier molecular flexibility index (Phi) is 7.67. The van der Waals surface area contributed by atoms with Gasteiger partial charge in [-0.15, -0.1) is 0 Å². The molecule has 0 amide bonds. The van der Waals surface area contributed by atoms with Crippen LogP contribution in [0, 0.1) is 0 Å². The van der Waals surface area contributed by atoms with Gasteiger partial charge in [-0.2, -0.15) is 0 Å². The summed E-state index contributed by atoms with van der Waals surface area (Å²) in [5.74, 6) is 0.272. The molecule has 1 atom stereocenters. The minimum atomic E-state index is 0.272. The topological polar surface area (TPSA) is 16.4 Å². The van der Waals surface area contributed by atoms with Gasteiger partial charge in [0, 0.05) is 33.8 Å². The summed E-state index contributed by atoms with van der Waals surface area (Å²) in [5, 5.41) is 4.81. The molecule has 264 valence electrons. The zero-order valence-electron chi connectivity index (χ0n) is 30.8. The van der Waals surface area contributed by atoms with Gasteiger partial charge in [0.1, 0.15) is 11.2 Å². The number of anilines is 3. The van der Waals surface area contributed by atoms with Gasteiger partial charge in [-0.1, -0.05) is 140 Å². The summed E-state index contributed by atoms with van der Waals surface area (Å²) in [7, 11) is 0. The summed E-state index contributed by atoms with van der Waals surface area (Å²) in [6.07, 6.45) is 0.958. The Morgan fingerprint density at radius 2 is 1.00 bits per heavy atom. The van der Waals surface area contributed by atoms with Crippen molar-refractivity contribution in [3.63, 3.8) is 0 Å². The van der Waals surface area contributed by atoms with Gasteiger partial charge < -0.3 is 9.32 Å². The average molecular weight is 716 g/mol. The zero-order chi connectivity index (χ0) is 37.0. The fourth-order valence-electron chi connectivity index (χ4n) is 8.93. The number of hydrogen-bond acceptors (Lipinski definition) is 2. The lowest BCUT2D eigenvalue weighted by Gasteiger charge is -2.25. The van der Waals surface area contributed by atoms with Crippen molar-refractivity contribution < 1.29 is 4.42 Å². The van der Waals surface area contributed by atoms with Gasteiger partial charge in [0.15, 0.2) is 0 Å². The third-order valence-electron chi connectivity index (χ3n) is 11.6. The van der Waals surface area contributed by atoms with Crippen molar-refractivity contribution in [2.45, 2.75) is 12.3 Å². The Morgan fingerprint density at radius 3 is 1.75 bits per heavy atom. The molecule has 0 fully saturated rings. The van der Waals surface area contributed by atoms with Crippen LogP contribution in [0.15, 0.2) is 211 Å². The first-order chi connectivity index (χ1) is 27.7. The summed E-state index contributed by atoms with van der Waals surface area (Å²) in [4.78, 5) is 2.30. The number of benzene rings is 9. The van der Waals surface area contributed by atoms with Crippen LogP contribution in [0.4, 0.5) is 17.1 Å². The molecule has 11 rings (SSSR count). The second kappa shape index (κ2) is 13.3. The Hall–Kier alpha value is -7.16. The lowest BCUT2D eigenvalue weighted by molar-refractivity contribution is 0.669. The van der Waals surface area contributed by atoms with Crippen LogP contribution in [0.25, 0.3) is 66.1 Å². The minimum Gasteiger partial charge on any atom is -0.456 e. The molecule has 10 aromatic rings. The van der Waals surface area contributed by atoms with Crippen molar-refractivity contribution in [1.82, 2.24) is 0 Å². The van der Waals surface area contributed by atoms with Crippen LogP contribution in [0.2, 0.25) is 0 Å². The third kappa shape index (κ3) is 5.49. The van der Waals surface area contributed by atoms with E-state index in [0.717, 1.165) is 40.0 Å². The molecule has 2 heteroatoms. The highest BCUT2D eigenvalue weighted by molar-refractivity contribution is 6.14. The molecule has 0 saturated heterocycles. The van der Waals surface area contributed by atoms with Crippen molar-refractivity contribution >= 4 is 49.8 Å². The van der Waals surface area contributed by atoms with Crippen molar-refractivity contribution in [1.29, 1.82) is 0 Å². The Balaban J connectivity index is 1.00. The van der Waals surface area contributed by atoms with Crippen molar-refractivity contribution in [3.05, 3.63) is 223 Å². The second-order valence-corrected chi connectivity index (χ2v) is 14.9. The summed E-state index contributed by atoms with van der Waals surface area (Å²) in [6.45, 7) is 0. The lowest BCUT2D eigenvalue weighted by Crippen LogP contribution is -2.09. The van der Waals surface area contributed by atoms with Crippen LogP contribution < -0.4 is 4.90 Å². The molecule has 1 aromatic heterocycles. The molecule has 1 aliphatic carbocycles. The molecular formula is C54H37NO. The van der Waals surface area contributed by atoms with Crippen LogP contribution in [0.5, 0.6) is 0 Å². The van der Waals surface area contributed by atoms with Crippen molar-refractivity contribution in [2.75, 3.05) is 4.90 Å². The maximum Gasteiger partial charge on any atom is 0.136 e. The van der Waals surface area contributed by atoms with Gasteiger partial charge >= 0.3 is 0 Å². The highest BCUT2D eigenvalue weighted by Gasteiger charge is 2.31. The molecule has 1 heterocycles. The van der Waals surface area contributed by atoms with E-state index < -0.39 is 0 Å². The lowest BCUT2D eigenvalue weighted by atomic mass is 9.89. The van der Waals surface area contributed by atoms with E-state index in [0.29, 0.717) is 0 Å². The number of hydrogen-bond donors (Lipinski definition) is 0. The van der Waals surface area contributed by atoms with Gasteiger partial charge in [0.25, 0.3) is 0 Å². The summed E-state index contributed by atoms with van der Waals surface area (Å²) in [6, 6.07) is 74.8. The van der Waals surface area contributed by atoms with Gasteiger partial charge in [-0.25, -0.2) is 0 Å². The quantitative estimate of drug-likeness (QED) is 0.163. The monoisotopic (exact) mass is 715 g/mol. The number of nitrogens with zero attached hydrogens (tertiary/aromatic N) is 1. The van der Waals surface area contributed by atoms with E-state index in [-0.39, 0.29) is 5.92 Å². The van der Waals surface area contributed by atoms with Crippen LogP contribution in [0.3, 0.4) is 0 Å². The van der Waals surface area contributed by atoms with Crippen molar-refractivity contribution in [2.24, 2.45) is 0 Å². The standard InChI is InChI=1S/C54H37NO/c1-4-13-36(14-5-1)31-49-45-29-25-40(33-51(45)54-47(49)30-26-41-34-53-50(35-48(41)54)46-21-10-11-22-52(46)56-53)39-16-12-15-38(32-39)37-23-27-44(28-24-37)55(42-17-6-2-7-18-42)43-19-8-3-9-20-43/h1-30,32-35,49H,31H2. The van der Waals surface area contributed by atoms with E-state index in [1.54, 1.807) is 0 Å². The fraction of sp³-hybridized carbons (Fsp3) is 0.0370. The minimum absolute atomic E-state index is 0.272. The van der Waals surface area contributed by atoms with Crippen LogP contribution in [-0.4, -0.2) is 0 Å². The molecule has 1 unspecified atom stereocenters. The molecule has 0 aliphatic heterocycles. The smallest absolute Gasteiger partial charge is 0.136 e. The molecule has 1 aliphatic rings. The summed E-state index contributed by atoms with van der Waals surface area (Å²) < 4.78 is 6.33. The molecule has 0 N–H and O–H groups in total. The molecule has 0 saturated carbocycles. The molecule has 0 bridgehead atoms. The highest BCUT2D eigenvalue weighted by atomic mass is 16.3. The zero-order valence-corrected chi connectivity index (χ0v) is 30.8. The van der Waals surface area contributed by atoms with Crippen LogP contribution >= 0.6 is 0 Å². The number of para-hydroxylation sites is 3. The van der Waals surface area contributed by atoms with E-state index in [4.69, 9.17) is 4.42 Å². The largest absolute Gasteiger partial charge is 0.456 e. The second-order valence-electron chi connectivity index (χ2n) is 14.9. The SMILES string of the molecule is c1ccc(CC2c3ccc(-c4cccc(-c5ccc(N(c6ccccc6)c6ccccc6)cc5)c4)cc3-c3c2ccc2cc4oc5ccccc5c4cc32)cc1. The molecule has 56 heavy (non-hydrogen) atoms. The van der Waals surface area contributed by atoms with Crippen LogP contribution in [-0.2, 0) is 6.42 Å². The third-order valence-corrected chi connectivity index (χ3v) is 11.6. The van der Waals surface area contributed by atoms with Gasteiger partial charge in [0.05, 0.1) is 0 Å². The van der Waals surface area contributed by atoms with Gasteiger partial charge in [-0.05, 0) is 134 Å². The van der Waals surface area contributed by atoms with Gasteiger partial charge in [-0.3, -0.25) is 0 Å². The number of rotatable bonds is 7. The fourth-order valence-corrected chi connectivity index (χ4v) is 8.93. The molecular weight excluding hydrogens is 679 g/mol. The normalized spacial score (nSPS) is 13.2.